The number of H-pyrrole nitrogens is 1. The fraction of sp³-hybridized carbons (Fsp3) is 0.304. The van der Waals surface area contributed by atoms with Gasteiger partial charge in [0.1, 0.15) is 5.75 Å². The second kappa shape index (κ2) is 7.99. The van der Waals surface area contributed by atoms with E-state index < -0.39 is 5.97 Å². The van der Waals surface area contributed by atoms with Crippen LogP contribution in [0.2, 0.25) is 0 Å². The Morgan fingerprint density at radius 3 is 2.69 bits per heavy atom. The van der Waals surface area contributed by atoms with Crippen LogP contribution in [0.15, 0.2) is 48.7 Å². The van der Waals surface area contributed by atoms with Gasteiger partial charge in [-0.25, -0.2) is 4.79 Å². The topological polar surface area (TPSA) is 82.6 Å². The zero-order valence-corrected chi connectivity index (χ0v) is 16.4. The van der Waals surface area contributed by atoms with Crippen molar-refractivity contribution in [1.29, 1.82) is 0 Å². The first-order chi connectivity index (χ1) is 14.0. The third-order valence-corrected chi connectivity index (χ3v) is 5.74. The van der Waals surface area contributed by atoms with E-state index in [1.807, 2.05) is 17.0 Å². The number of aromatic carboxylic acids is 1. The number of fused-ring (bicyclic) bond motifs is 1. The fourth-order valence-corrected chi connectivity index (χ4v) is 4.13. The van der Waals surface area contributed by atoms with Crippen molar-refractivity contribution in [1.82, 2.24) is 9.88 Å². The third kappa shape index (κ3) is 3.97. The lowest BCUT2D eigenvalue weighted by Crippen LogP contribution is -2.38. The van der Waals surface area contributed by atoms with Crippen LogP contribution in [0.3, 0.4) is 0 Å². The molecule has 150 valence electrons. The number of ether oxygens (including phenoxy) is 1. The number of hydrogen-bond acceptors (Lipinski definition) is 3. The molecule has 1 aliphatic rings. The molecule has 29 heavy (non-hydrogen) atoms. The highest BCUT2D eigenvalue weighted by Gasteiger charge is 2.25. The summed E-state index contributed by atoms with van der Waals surface area (Å²) in [5, 5.41) is 10.3. The van der Waals surface area contributed by atoms with Gasteiger partial charge in [-0.3, -0.25) is 4.79 Å². The molecule has 0 spiro atoms. The first-order valence-electron chi connectivity index (χ1n) is 9.80. The monoisotopic (exact) mass is 392 g/mol. The van der Waals surface area contributed by atoms with E-state index in [9.17, 15) is 9.59 Å². The molecule has 0 radical (unpaired) electrons. The Morgan fingerprint density at radius 2 is 1.97 bits per heavy atom. The van der Waals surface area contributed by atoms with E-state index in [4.69, 9.17) is 9.84 Å². The van der Waals surface area contributed by atoms with Crippen molar-refractivity contribution in [3.8, 4) is 5.75 Å². The molecule has 1 aliphatic heterocycles. The average molecular weight is 392 g/mol. The van der Waals surface area contributed by atoms with Crippen molar-refractivity contribution >= 4 is 22.8 Å². The van der Waals surface area contributed by atoms with Gasteiger partial charge < -0.3 is 19.7 Å². The summed E-state index contributed by atoms with van der Waals surface area (Å²) in [5.41, 5.74) is 3.32. The quantitative estimate of drug-likeness (QED) is 0.691. The van der Waals surface area contributed by atoms with Crippen LogP contribution in [0.5, 0.6) is 5.75 Å². The van der Waals surface area contributed by atoms with E-state index in [-0.39, 0.29) is 17.9 Å². The lowest BCUT2D eigenvalue weighted by molar-refractivity contribution is -0.131. The van der Waals surface area contributed by atoms with Crippen LogP contribution >= 0.6 is 0 Å². The second-order valence-electron chi connectivity index (χ2n) is 7.49. The van der Waals surface area contributed by atoms with Crippen LogP contribution in [-0.2, 0) is 11.2 Å². The summed E-state index contributed by atoms with van der Waals surface area (Å²) in [5.74, 6) is 0.312. The van der Waals surface area contributed by atoms with E-state index in [1.54, 1.807) is 25.3 Å². The van der Waals surface area contributed by atoms with Gasteiger partial charge in [0.2, 0.25) is 5.91 Å². The number of aromatic amines is 1. The number of hydrogen-bond donors (Lipinski definition) is 2. The van der Waals surface area contributed by atoms with Crippen LogP contribution in [0.1, 0.15) is 40.2 Å². The zero-order chi connectivity index (χ0) is 20.4. The zero-order valence-electron chi connectivity index (χ0n) is 16.4. The van der Waals surface area contributed by atoms with Gasteiger partial charge in [0.25, 0.3) is 0 Å². The highest BCUT2D eigenvalue weighted by atomic mass is 16.5. The summed E-state index contributed by atoms with van der Waals surface area (Å²) in [6.45, 7) is 1.41. The van der Waals surface area contributed by atoms with Gasteiger partial charge in [0.05, 0.1) is 19.1 Å². The average Bonchev–Trinajstić information content (AvgIpc) is 3.17. The largest absolute Gasteiger partial charge is 0.497 e. The SMILES string of the molecule is COc1ccc2[nH]cc(C3CCN(C(=O)Cc4cccc(C(=O)O)c4)CC3)c2c1. The van der Waals surface area contributed by atoms with E-state index in [0.717, 1.165) is 29.7 Å². The molecule has 2 heterocycles. The lowest BCUT2D eigenvalue weighted by Gasteiger charge is -2.32. The molecule has 1 saturated heterocycles. The van der Waals surface area contributed by atoms with Crippen molar-refractivity contribution < 1.29 is 19.4 Å². The number of carboxylic acid groups (broad SMARTS) is 1. The highest BCUT2D eigenvalue weighted by molar-refractivity contribution is 5.88. The van der Waals surface area contributed by atoms with Crippen molar-refractivity contribution in [2.75, 3.05) is 20.2 Å². The number of methoxy groups -OCH3 is 1. The van der Waals surface area contributed by atoms with Crippen LogP contribution < -0.4 is 4.74 Å². The normalized spacial score (nSPS) is 14.9. The Morgan fingerprint density at radius 1 is 1.17 bits per heavy atom. The third-order valence-electron chi connectivity index (χ3n) is 5.74. The molecule has 2 aromatic carbocycles. The molecule has 1 aromatic heterocycles. The van der Waals surface area contributed by atoms with Gasteiger partial charge in [0.15, 0.2) is 0 Å². The van der Waals surface area contributed by atoms with Crippen molar-refractivity contribution in [3.05, 3.63) is 65.4 Å². The molecule has 1 fully saturated rings. The molecular formula is C23H24N2O4. The van der Waals surface area contributed by atoms with E-state index >= 15 is 0 Å². The number of benzene rings is 2. The number of nitrogens with one attached hydrogen (secondary N) is 1. The summed E-state index contributed by atoms with van der Waals surface area (Å²) in [7, 11) is 1.67. The van der Waals surface area contributed by atoms with Gasteiger partial charge >= 0.3 is 5.97 Å². The summed E-state index contributed by atoms with van der Waals surface area (Å²) >= 11 is 0. The first-order valence-corrected chi connectivity index (χ1v) is 9.80. The summed E-state index contributed by atoms with van der Waals surface area (Å²) in [4.78, 5) is 29.0. The summed E-state index contributed by atoms with van der Waals surface area (Å²) < 4.78 is 5.36. The summed E-state index contributed by atoms with van der Waals surface area (Å²) in [6, 6.07) is 12.6. The molecule has 3 aromatic rings. The van der Waals surface area contributed by atoms with Gasteiger partial charge in [-0.15, -0.1) is 0 Å². The lowest BCUT2D eigenvalue weighted by atomic mass is 9.89. The maximum Gasteiger partial charge on any atom is 0.335 e. The minimum absolute atomic E-state index is 0.0478. The number of nitrogens with zero attached hydrogens (tertiary/aromatic N) is 1. The van der Waals surface area contributed by atoms with Crippen LogP contribution in [0.25, 0.3) is 10.9 Å². The molecule has 0 atom stereocenters. The van der Waals surface area contributed by atoms with Crippen molar-refractivity contribution in [2.24, 2.45) is 0 Å². The molecule has 4 rings (SSSR count). The predicted molar refractivity (Wildman–Crippen MR) is 111 cm³/mol. The second-order valence-corrected chi connectivity index (χ2v) is 7.49. The number of carbonyl (C=O) groups excluding carboxylic acids is 1. The maximum absolute atomic E-state index is 12.7. The van der Waals surface area contributed by atoms with Crippen LogP contribution in [0.4, 0.5) is 0 Å². The highest BCUT2D eigenvalue weighted by Crippen LogP contribution is 2.34. The predicted octanol–water partition coefficient (Wildman–Crippen LogP) is 3.82. The number of likely N-dealkylation sites (tertiary alicyclic amines) is 1. The maximum atomic E-state index is 12.7. The molecule has 6 heteroatoms. The molecule has 0 saturated carbocycles. The molecule has 0 bridgehead atoms. The van der Waals surface area contributed by atoms with E-state index in [2.05, 4.69) is 17.2 Å². The van der Waals surface area contributed by atoms with E-state index in [0.29, 0.717) is 19.0 Å². The van der Waals surface area contributed by atoms with Gasteiger partial charge in [-0.05, 0) is 60.2 Å². The molecule has 6 nitrogen and oxygen atoms in total. The standard InChI is InChI=1S/C23H24N2O4/c1-29-18-5-6-21-19(13-18)20(14-24-21)16-7-9-25(10-8-16)22(26)12-15-3-2-4-17(11-15)23(27)28/h2-6,11,13-14,16,24H,7-10,12H2,1H3,(H,27,28). The minimum Gasteiger partial charge on any atom is -0.497 e. The van der Waals surface area contributed by atoms with Crippen molar-refractivity contribution in [3.63, 3.8) is 0 Å². The number of carboxylic acids is 1. The Hall–Kier alpha value is -3.28. The molecule has 2 N–H and O–H groups in total. The number of amides is 1. The number of carbonyl (C=O) groups is 2. The molecule has 1 amide bonds. The Balaban J connectivity index is 1.41. The molecule has 0 unspecified atom stereocenters. The Labute approximate surface area is 169 Å². The fourth-order valence-electron chi connectivity index (χ4n) is 4.13. The van der Waals surface area contributed by atoms with Gasteiger partial charge in [-0.1, -0.05) is 12.1 Å². The number of aromatic nitrogens is 1. The van der Waals surface area contributed by atoms with Gasteiger partial charge in [0, 0.05) is 30.2 Å². The number of piperidine rings is 1. The Kier molecular flexibility index (Phi) is 5.25. The smallest absolute Gasteiger partial charge is 0.335 e. The number of rotatable bonds is 5. The Bertz CT molecular complexity index is 1050. The van der Waals surface area contributed by atoms with E-state index in [1.165, 1.54) is 17.0 Å². The molecular weight excluding hydrogens is 368 g/mol. The van der Waals surface area contributed by atoms with Crippen LogP contribution in [0, 0.1) is 0 Å². The molecule has 0 aliphatic carbocycles. The minimum atomic E-state index is -0.976. The van der Waals surface area contributed by atoms with Gasteiger partial charge in [-0.2, -0.15) is 0 Å². The first kappa shape index (κ1) is 19.1. The summed E-state index contributed by atoms with van der Waals surface area (Å²) in [6.07, 6.45) is 4.12. The van der Waals surface area contributed by atoms with Crippen LogP contribution in [-0.4, -0.2) is 47.1 Å². The van der Waals surface area contributed by atoms with Crippen molar-refractivity contribution in [2.45, 2.75) is 25.2 Å².